The molecule has 1 amide bonds. The first-order valence-electron chi connectivity index (χ1n) is 4.54. The molecule has 0 aromatic rings. The van der Waals surface area contributed by atoms with Crippen LogP contribution in [0.15, 0.2) is 0 Å². The summed E-state index contributed by atoms with van der Waals surface area (Å²) in [5.74, 6) is -0.330. The normalized spacial score (nSPS) is 11.9. The first-order valence-corrected chi connectivity index (χ1v) is 4.54. The van der Waals surface area contributed by atoms with Gasteiger partial charge in [-0.3, -0.25) is 9.59 Å². The lowest BCUT2D eigenvalue weighted by Crippen LogP contribution is -2.33. The Morgan fingerprint density at radius 1 is 1.38 bits per heavy atom. The van der Waals surface area contributed by atoms with Crippen LogP contribution in [-0.4, -0.2) is 24.5 Å². The zero-order valence-electron chi connectivity index (χ0n) is 8.42. The largest absolute Gasteiger partial charge is 0.461 e. The molecule has 1 atom stereocenters. The van der Waals surface area contributed by atoms with E-state index < -0.39 is 0 Å². The van der Waals surface area contributed by atoms with Crippen molar-refractivity contribution in [3.8, 4) is 0 Å². The Kier molecular flexibility index (Phi) is 5.93. The van der Waals surface area contributed by atoms with E-state index in [2.05, 4.69) is 5.32 Å². The Bertz CT molecular complexity index is 180. The summed E-state index contributed by atoms with van der Waals surface area (Å²) in [7, 11) is 0. The number of carbonyl (C=O) groups excluding carboxylic acids is 2. The Morgan fingerprint density at radius 2 is 2.00 bits per heavy atom. The molecule has 0 aliphatic carbocycles. The predicted octanol–water partition coefficient (Wildman–Crippen LogP) is 0.854. The van der Waals surface area contributed by atoms with Gasteiger partial charge in [0.2, 0.25) is 5.91 Å². The van der Waals surface area contributed by atoms with Crippen LogP contribution in [0.3, 0.4) is 0 Å². The molecule has 1 unspecified atom stereocenters. The molecule has 0 aliphatic heterocycles. The molecule has 13 heavy (non-hydrogen) atoms. The average Bonchev–Trinajstić information content (AvgIpc) is 2.11. The molecule has 0 saturated heterocycles. The second-order valence-corrected chi connectivity index (χ2v) is 2.81. The van der Waals surface area contributed by atoms with Crippen molar-refractivity contribution in [1.29, 1.82) is 0 Å². The number of ether oxygens (including phenoxy) is 1. The molecular formula is C9H17NO3. The standard InChI is InChI=1S/C9H17NO3/c1-4-8(6-10-7(3)11)13-9(12)5-2/h8H,4-6H2,1-3H3,(H,10,11). The monoisotopic (exact) mass is 187 g/mol. The first-order chi connectivity index (χ1) is 6.10. The van der Waals surface area contributed by atoms with E-state index in [1.807, 2.05) is 6.92 Å². The molecule has 4 nitrogen and oxygen atoms in total. The molecule has 0 spiro atoms. The highest BCUT2D eigenvalue weighted by molar-refractivity contribution is 5.73. The Morgan fingerprint density at radius 3 is 2.38 bits per heavy atom. The van der Waals surface area contributed by atoms with Crippen LogP contribution >= 0.6 is 0 Å². The van der Waals surface area contributed by atoms with E-state index in [0.717, 1.165) is 0 Å². The molecule has 0 aromatic heterocycles. The van der Waals surface area contributed by atoms with Gasteiger partial charge in [-0.1, -0.05) is 13.8 Å². The summed E-state index contributed by atoms with van der Waals surface area (Å²) >= 11 is 0. The highest BCUT2D eigenvalue weighted by atomic mass is 16.5. The van der Waals surface area contributed by atoms with Gasteiger partial charge in [-0.15, -0.1) is 0 Å². The van der Waals surface area contributed by atoms with E-state index in [1.165, 1.54) is 6.92 Å². The van der Waals surface area contributed by atoms with E-state index >= 15 is 0 Å². The van der Waals surface area contributed by atoms with Crippen LogP contribution in [0.4, 0.5) is 0 Å². The maximum Gasteiger partial charge on any atom is 0.305 e. The third kappa shape index (κ3) is 6.13. The maximum atomic E-state index is 10.9. The Balaban J connectivity index is 3.75. The van der Waals surface area contributed by atoms with Crippen molar-refractivity contribution in [3.05, 3.63) is 0 Å². The SMILES string of the molecule is CCC(=O)OC(CC)CNC(C)=O. The topological polar surface area (TPSA) is 55.4 Å². The van der Waals surface area contributed by atoms with Gasteiger partial charge in [-0.05, 0) is 6.42 Å². The van der Waals surface area contributed by atoms with Crippen molar-refractivity contribution in [3.63, 3.8) is 0 Å². The van der Waals surface area contributed by atoms with Crippen molar-refractivity contribution in [2.75, 3.05) is 6.54 Å². The van der Waals surface area contributed by atoms with E-state index in [-0.39, 0.29) is 18.0 Å². The van der Waals surface area contributed by atoms with Crippen LogP contribution in [0.25, 0.3) is 0 Å². The number of amides is 1. The van der Waals surface area contributed by atoms with E-state index in [9.17, 15) is 9.59 Å². The molecule has 0 bridgehead atoms. The lowest BCUT2D eigenvalue weighted by atomic mass is 10.2. The minimum atomic E-state index is -0.225. The first kappa shape index (κ1) is 11.9. The van der Waals surface area contributed by atoms with Gasteiger partial charge in [0.15, 0.2) is 0 Å². The molecule has 0 saturated carbocycles. The Labute approximate surface area is 78.6 Å². The molecule has 4 heteroatoms. The van der Waals surface area contributed by atoms with E-state index in [0.29, 0.717) is 19.4 Å². The molecule has 0 heterocycles. The quantitative estimate of drug-likeness (QED) is 0.649. The third-order valence-electron chi connectivity index (χ3n) is 1.62. The second-order valence-electron chi connectivity index (χ2n) is 2.81. The molecule has 76 valence electrons. The number of hydrogen-bond donors (Lipinski definition) is 1. The Hall–Kier alpha value is -1.06. The fraction of sp³-hybridized carbons (Fsp3) is 0.778. The lowest BCUT2D eigenvalue weighted by molar-refractivity contribution is -0.149. The summed E-state index contributed by atoms with van der Waals surface area (Å²) in [6.07, 6.45) is 0.888. The predicted molar refractivity (Wildman–Crippen MR) is 49.1 cm³/mol. The number of carbonyl (C=O) groups is 2. The molecular weight excluding hydrogens is 170 g/mol. The number of esters is 1. The van der Waals surface area contributed by atoms with Crippen LogP contribution in [0.5, 0.6) is 0 Å². The molecule has 0 radical (unpaired) electrons. The summed E-state index contributed by atoms with van der Waals surface area (Å²) in [5.41, 5.74) is 0. The van der Waals surface area contributed by atoms with Gasteiger partial charge in [0, 0.05) is 13.3 Å². The van der Waals surface area contributed by atoms with Crippen molar-refractivity contribution in [1.82, 2.24) is 5.32 Å². The van der Waals surface area contributed by atoms with Gasteiger partial charge in [0.05, 0.1) is 6.54 Å². The number of hydrogen-bond acceptors (Lipinski definition) is 3. The van der Waals surface area contributed by atoms with Crippen LogP contribution in [0.1, 0.15) is 33.6 Å². The molecule has 0 fully saturated rings. The molecule has 0 aliphatic rings. The van der Waals surface area contributed by atoms with Gasteiger partial charge in [0.25, 0.3) is 0 Å². The van der Waals surface area contributed by atoms with Gasteiger partial charge < -0.3 is 10.1 Å². The second kappa shape index (κ2) is 6.46. The van der Waals surface area contributed by atoms with Gasteiger partial charge in [-0.25, -0.2) is 0 Å². The van der Waals surface area contributed by atoms with E-state index in [1.54, 1.807) is 6.92 Å². The summed E-state index contributed by atoms with van der Waals surface area (Å²) in [5, 5.41) is 2.61. The van der Waals surface area contributed by atoms with Crippen molar-refractivity contribution in [2.45, 2.75) is 39.7 Å². The van der Waals surface area contributed by atoms with Crippen LogP contribution < -0.4 is 5.32 Å². The van der Waals surface area contributed by atoms with E-state index in [4.69, 9.17) is 4.74 Å². The van der Waals surface area contributed by atoms with Crippen molar-refractivity contribution >= 4 is 11.9 Å². The number of nitrogens with one attached hydrogen (secondary N) is 1. The summed E-state index contributed by atoms with van der Waals surface area (Å²) in [6, 6.07) is 0. The van der Waals surface area contributed by atoms with Gasteiger partial charge >= 0.3 is 5.97 Å². The zero-order chi connectivity index (χ0) is 10.3. The zero-order valence-corrected chi connectivity index (χ0v) is 8.42. The highest BCUT2D eigenvalue weighted by Crippen LogP contribution is 1.98. The molecule has 0 rings (SSSR count). The van der Waals surface area contributed by atoms with Gasteiger partial charge in [-0.2, -0.15) is 0 Å². The van der Waals surface area contributed by atoms with Crippen LogP contribution in [0.2, 0.25) is 0 Å². The fourth-order valence-corrected chi connectivity index (χ4v) is 0.796. The summed E-state index contributed by atoms with van der Waals surface area (Å²) in [4.78, 5) is 21.5. The lowest BCUT2D eigenvalue weighted by Gasteiger charge is -2.15. The minimum absolute atomic E-state index is 0.106. The minimum Gasteiger partial charge on any atom is -0.461 e. The smallest absolute Gasteiger partial charge is 0.305 e. The third-order valence-corrected chi connectivity index (χ3v) is 1.62. The fourth-order valence-electron chi connectivity index (χ4n) is 0.796. The maximum absolute atomic E-state index is 10.9. The van der Waals surface area contributed by atoms with Crippen molar-refractivity contribution < 1.29 is 14.3 Å². The molecule has 1 N–H and O–H groups in total. The van der Waals surface area contributed by atoms with Gasteiger partial charge in [0.1, 0.15) is 6.10 Å². The number of rotatable bonds is 5. The van der Waals surface area contributed by atoms with Crippen LogP contribution in [-0.2, 0) is 14.3 Å². The summed E-state index contributed by atoms with van der Waals surface area (Å²) < 4.78 is 5.05. The van der Waals surface area contributed by atoms with Crippen molar-refractivity contribution in [2.24, 2.45) is 0 Å². The van der Waals surface area contributed by atoms with Crippen LogP contribution in [0, 0.1) is 0 Å². The highest BCUT2D eigenvalue weighted by Gasteiger charge is 2.10. The molecule has 0 aromatic carbocycles. The summed E-state index contributed by atoms with van der Waals surface area (Å²) in [6.45, 7) is 5.49. The average molecular weight is 187 g/mol.